The molecule has 8 nitrogen and oxygen atoms in total. The van der Waals surface area contributed by atoms with Crippen LogP contribution < -0.4 is 15.4 Å². The Morgan fingerprint density at radius 3 is 2.78 bits per heavy atom. The second-order valence-electron chi connectivity index (χ2n) is 8.30. The number of aromatic nitrogens is 2. The van der Waals surface area contributed by atoms with Crippen molar-refractivity contribution in [1.29, 1.82) is 0 Å². The molecule has 1 aliphatic rings. The molecule has 1 unspecified atom stereocenters. The predicted molar refractivity (Wildman–Crippen MR) is 126 cm³/mol. The SMILES string of the molecule is CN=C(NCc1ccc(C)cc1OCC1CCOC1)NCc1c(C)nn(CCOC)c1C. The molecule has 0 amide bonds. The molecule has 0 spiro atoms. The van der Waals surface area contributed by atoms with Crippen LogP contribution in [0.3, 0.4) is 0 Å². The quantitative estimate of drug-likeness (QED) is 0.434. The van der Waals surface area contributed by atoms with Crippen molar-refractivity contribution in [2.24, 2.45) is 10.9 Å². The zero-order valence-electron chi connectivity index (χ0n) is 20.0. The van der Waals surface area contributed by atoms with Crippen LogP contribution in [0.4, 0.5) is 0 Å². The molecule has 2 aromatic rings. The molecule has 1 fully saturated rings. The number of nitrogens with zero attached hydrogens (tertiary/aromatic N) is 3. The van der Waals surface area contributed by atoms with Crippen LogP contribution in [0.25, 0.3) is 0 Å². The van der Waals surface area contributed by atoms with Crippen LogP contribution >= 0.6 is 0 Å². The molecule has 1 aromatic carbocycles. The number of guanidine groups is 1. The summed E-state index contributed by atoms with van der Waals surface area (Å²) in [7, 11) is 3.49. The van der Waals surface area contributed by atoms with E-state index in [-0.39, 0.29) is 0 Å². The third-order valence-corrected chi connectivity index (χ3v) is 5.86. The van der Waals surface area contributed by atoms with Gasteiger partial charge < -0.3 is 24.8 Å². The molecule has 32 heavy (non-hydrogen) atoms. The smallest absolute Gasteiger partial charge is 0.191 e. The molecule has 3 rings (SSSR count). The van der Waals surface area contributed by atoms with E-state index in [0.717, 1.165) is 54.8 Å². The highest BCUT2D eigenvalue weighted by atomic mass is 16.5. The molecular formula is C24H37N5O3. The Hall–Kier alpha value is -2.58. The van der Waals surface area contributed by atoms with E-state index in [1.807, 2.05) is 11.6 Å². The van der Waals surface area contributed by atoms with Crippen molar-refractivity contribution in [3.8, 4) is 5.75 Å². The van der Waals surface area contributed by atoms with Crippen molar-refractivity contribution in [1.82, 2.24) is 20.4 Å². The van der Waals surface area contributed by atoms with E-state index in [4.69, 9.17) is 14.2 Å². The molecule has 1 saturated heterocycles. The third kappa shape index (κ3) is 6.46. The van der Waals surface area contributed by atoms with Gasteiger partial charge >= 0.3 is 0 Å². The highest BCUT2D eigenvalue weighted by Gasteiger charge is 2.17. The minimum atomic E-state index is 0.474. The fourth-order valence-corrected chi connectivity index (χ4v) is 3.82. The average molecular weight is 444 g/mol. The summed E-state index contributed by atoms with van der Waals surface area (Å²) >= 11 is 0. The topological polar surface area (TPSA) is 81.9 Å². The Labute approximate surface area is 191 Å². The summed E-state index contributed by atoms with van der Waals surface area (Å²) in [5.74, 6) is 2.14. The number of hydrogen-bond acceptors (Lipinski definition) is 5. The number of aliphatic imine (C=N–C) groups is 1. The van der Waals surface area contributed by atoms with Gasteiger partial charge in [-0.3, -0.25) is 9.67 Å². The number of aryl methyl sites for hydroxylation is 2. The lowest BCUT2D eigenvalue weighted by molar-refractivity contribution is 0.166. The first kappa shape index (κ1) is 24.1. The van der Waals surface area contributed by atoms with Gasteiger partial charge in [0.05, 0.1) is 32.1 Å². The molecule has 1 aromatic heterocycles. The van der Waals surface area contributed by atoms with Crippen molar-refractivity contribution < 1.29 is 14.2 Å². The fourth-order valence-electron chi connectivity index (χ4n) is 3.82. The molecule has 8 heteroatoms. The van der Waals surface area contributed by atoms with Crippen molar-refractivity contribution in [2.75, 3.05) is 40.6 Å². The standard InChI is InChI=1S/C24H37N5O3/c1-17-6-7-21(23(12-17)32-16-20-8-10-31-15-20)13-26-24(25-4)27-14-22-18(2)28-29(19(22)3)9-11-30-5/h6-7,12,20H,8-11,13-16H2,1-5H3,(H2,25,26,27). The van der Waals surface area contributed by atoms with E-state index < -0.39 is 0 Å². The van der Waals surface area contributed by atoms with Crippen LogP contribution in [0, 0.1) is 26.7 Å². The first-order valence-corrected chi connectivity index (χ1v) is 11.3. The largest absolute Gasteiger partial charge is 0.493 e. The second-order valence-corrected chi connectivity index (χ2v) is 8.30. The summed E-state index contributed by atoms with van der Waals surface area (Å²) in [6.45, 7) is 11.2. The van der Waals surface area contributed by atoms with E-state index in [1.165, 1.54) is 11.1 Å². The molecule has 0 bridgehead atoms. The van der Waals surface area contributed by atoms with Gasteiger partial charge in [0.15, 0.2) is 5.96 Å². The van der Waals surface area contributed by atoms with Gasteiger partial charge in [-0.25, -0.2) is 0 Å². The van der Waals surface area contributed by atoms with E-state index in [9.17, 15) is 0 Å². The Balaban J connectivity index is 1.57. The Kier molecular flexibility index (Phi) is 8.93. The van der Waals surface area contributed by atoms with Crippen LogP contribution in [0.1, 0.15) is 34.5 Å². The molecule has 0 saturated carbocycles. The maximum Gasteiger partial charge on any atom is 0.191 e. The second kappa shape index (κ2) is 11.9. The van der Waals surface area contributed by atoms with Gasteiger partial charge in [-0.2, -0.15) is 5.10 Å². The van der Waals surface area contributed by atoms with Crippen LogP contribution in [-0.2, 0) is 29.1 Å². The minimum absolute atomic E-state index is 0.474. The molecule has 0 aliphatic carbocycles. The summed E-state index contributed by atoms with van der Waals surface area (Å²) < 4.78 is 18.8. The molecule has 0 radical (unpaired) electrons. The van der Waals surface area contributed by atoms with Crippen molar-refractivity contribution in [3.05, 3.63) is 46.3 Å². The number of methoxy groups -OCH3 is 1. The normalized spacial score (nSPS) is 16.4. The molecule has 2 heterocycles. The zero-order chi connectivity index (χ0) is 22.9. The van der Waals surface area contributed by atoms with E-state index >= 15 is 0 Å². The first-order chi connectivity index (χ1) is 15.5. The first-order valence-electron chi connectivity index (χ1n) is 11.3. The average Bonchev–Trinajstić information content (AvgIpc) is 3.40. The summed E-state index contributed by atoms with van der Waals surface area (Å²) in [4.78, 5) is 4.38. The van der Waals surface area contributed by atoms with E-state index in [0.29, 0.717) is 32.2 Å². The predicted octanol–water partition coefficient (Wildman–Crippen LogP) is 2.74. The van der Waals surface area contributed by atoms with Crippen LogP contribution in [0.5, 0.6) is 5.75 Å². The maximum absolute atomic E-state index is 6.16. The Morgan fingerprint density at radius 1 is 1.25 bits per heavy atom. The number of nitrogens with one attached hydrogen (secondary N) is 2. The zero-order valence-corrected chi connectivity index (χ0v) is 20.0. The molecular weight excluding hydrogens is 406 g/mol. The lowest BCUT2D eigenvalue weighted by Gasteiger charge is -2.17. The Bertz CT molecular complexity index is 903. The van der Waals surface area contributed by atoms with Gasteiger partial charge in [-0.1, -0.05) is 12.1 Å². The highest BCUT2D eigenvalue weighted by Crippen LogP contribution is 2.22. The van der Waals surface area contributed by atoms with Crippen molar-refractivity contribution in [3.63, 3.8) is 0 Å². The van der Waals surface area contributed by atoms with Crippen molar-refractivity contribution in [2.45, 2.75) is 46.8 Å². The van der Waals surface area contributed by atoms with Gasteiger partial charge in [-0.05, 0) is 38.8 Å². The van der Waals surface area contributed by atoms with Crippen LogP contribution in [0.2, 0.25) is 0 Å². The highest BCUT2D eigenvalue weighted by molar-refractivity contribution is 5.79. The third-order valence-electron chi connectivity index (χ3n) is 5.86. The molecule has 1 atom stereocenters. The van der Waals surface area contributed by atoms with Gasteiger partial charge in [0.2, 0.25) is 0 Å². The summed E-state index contributed by atoms with van der Waals surface area (Å²) in [5, 5.41) is 11.5. The number of hydrogen-bond donors (Lipinski definition) is 2. The maximum atomic E-state index is 6.16. The lowest BCUT2D eigenvalue weighted by Crippen LogP contribution is -2.36. The summed E-state index contributed by atoms with van der Waals surface area (Å²) in [6, 6.07) is 6.33. The van der Waals surface area contributed by atoms with Gasteiger partial charge in [-0.15, -0.1) is 0 Å². The number of benzene rings is 1. The number of rotatable bonds is 10. The monoisotopic (exact) mass is 443 g/mol. The van der Waals surface area contributed by atoms with Crippen molar-refractivity contribution >= 4 is 5.96 Å². The van der Waals surface area contributed by atoms with E-state index in [1.54, 1.807) is 14.2 Å². The molecule has 2 N–H and O–H groups in total. The fraction of sp³-hybridized carbons (Fsp3) is 0.583. The number of ether oxygens (including phenoxy) is 3. The van der Waals surface area contributed by atoms with Gasteiger partial charge in [0.1, 0.15) is 5.75 Å². The van der Waals surface area contributed by atoms with Gasteiger partial charge in [0.25, 0.3) is 0 Å². The van der Waals surface area contributed by atoms with E-state index in [2.05, 4.69) is 52.8 Å². The van der Waals surface area contributed by atoms with Gasteiger partial charge in [0, 0.05) is 56.6 Å². The van der Waals surface area contributed by atoms with Crippen LogP contribution in [0.15, 0.2) is 23.2 Å². The minimum Gasteiger partial charge on any atom is -0.493 e. The van der Waals surface area contributed by atoms with Crippen LogP contribution in [-0.4, -0.2) is 56.3 Å². The lowest BCUT2D eigenvalue weighted by atomic mass is 10.1. The molecule has 176 valence electrons. The Morgan fingerprint density at radius 2 is 2.06 bits per heavy atom. The summed E-state index contributed by atoms with van der Waals surface area (Å²) in [5.41, 5.74) is 5.64. The molecule has 1 aliphatic heterocycles. The summed E-state index contributed by atoms with van der Waals surface area (Å²) in [6.07, 6.45) is 1.07.